The van der Waals surface area contributed by atoms with Crippen LogP contribution in [0, 0.1) is 13.8 Å². The Morgan fingerprint density at radius 3 is 2.58 bits per heavy atom. The Bertz CT molecular complexity index is 1080. The summed E-state index contributed by atoms with van der Waals surface area (Å²) >= 11 is 0. The van der Waals surface area contributed by atoms with Gasteiger partial charge < -0.3 is 19.3 Å². The Labute approximate surface area is 181 Å². The predicted molar refractivity (Wildman–Crippen MR) is 116 cm³/mol. The number of aryl methyl sites for hydroxylation is 2. The molecule has 2 amide bonds. The molecule has 1 aromatic carbocycles. The van der Waals surface area contributed by atoms with Crippen molar-refractivity contribution in [1.29, 1.82) is 0 Å². The van der Waals surface area contributed by atoms with E-state index in [1.54, 1.807) is 7.05 Å². The molecule has 1 aliphatic rings. The Balaban J connectivity index is 1.54. The number of carbonyl (C=O) groups is 2. The zero-order chi connectivity index (χ0) is 22.0. The zero-order valence-corrected chi connectivity index (χ0v) is 18.1. The van der Waals surface area contributed by atoms with Crippen LogP contribution in [0.4, 0.5) is 0 Å². The molecule has 1 aliphatic heterocycles. The minimum atomic E-state index is -0.205. The van der Waals surface area contributed by atoms with E-state index in [-0.39, 0.29) is 11.8 Å². The van der Waals surface area contributed by atoms with E-state index in [1.807, 2.05) is 49.1 Å². The molecule has 0 aliphatic carbocycles. The lowest BCUT2D eigenvalue weighted by atomic mass is 10.1. The molecular weight excluding hydrogens is 394 g/mol. The smallest absolute Gasteiger partial charge is 0.271 e. The van der Waals surface area contributed by atoms with Crippen LogP contribution in [0.3, 0.4) is 0 Å². The average molecular weight is 422 g/mol. The van der Waals surface area contributed by atoms with Gasteiger partial charge in [0, 0.05) is 50.7 Å². The summed E-state index contributed by atoms with van der Waals surface area (Å²) in [6, 6.07) is 9.84. The standard InChI is InChI=1S/C23H27N5O3/c1-15-18(16(2)31-26-15)9-10-20(29)27-12-11-19-21(23(30)24-3)25-22(28(19)14-13-27)17-7-5-4-6-8-17/h4-8H,9-14H2,1-3H3,(H,24,30). The molecule has 0 spiro atoms. The second kappa shape index (κ2) is 8.75. The van der Waals surface area contributed by atoms with Gasteiger partial charge in [0.1, 0.15) is 17.3 Å². The molecule has 31 heavy (non-hydrogen) atoms. The third-order valence-electron chi connectivity index (χ3n) is 5.88. The van der Waals surface area contributed by atoms with E-state index in [2.05, 4.69) is 20.0 Å². The quantitative estimate of drug-likeness (QED) is 0.683. The molecule has 0 unspecified atom stereocenters. The van der Waals surface area contributed by atoms with Crippen molar-refractivity contribution < 1.29 is 14.1 Å². The molecule has 8 heteroatoms. The first-order valence-electron chi connectivity index (χ1n) is 10.6. The van der Waals surface area contributed by atoms with Gasteiger partial charge in [-0.25, -0.2) is 4.98 Å². The van der Waals surface area contributed by atoms with Crippen LogP contribution in [0.2, 0.25) is 0 Å². The van der Waals surface area contributed by atoms with Gasteiger partial charge in [-0.3, -0.25) is 9.59 Å². The van der Waals surface area contributed by atoms with E-state index in [4.69, 9.17) is 4.52 Å². The highest BCUT2D eigenvalue weighted by molar-refractivity contribution is 5.94. The fraction of sp³-hybridized carbons (Fsp3) is 0.391. The molecule has 1 N–H and O–H groups in total. The Kier molecular flexibility index (Phi) is 5.88. The van der Waals surface area contributed by atoms with Crippen LogP contribution in [-0.4, -0.2) is 51.6 Å². The lowest BCUT2D eigenvalue weighted by molar-refractivity contribution is -0.131. The van der Waals surface area contributed by atoms with E-state index >= 15 is 0 Å². The number of rotatable bonds is 5. The number of nitrogens with one attached hydrogen (secondary N) is 1. The molecule has 0 saturated carbocycles. The largest absolute Gasteiger partial charge is 0.361 e. The van der Waals surface area contributed by atoms with Gasteiger partial charge in [0.25, 0.3) is 5.91 Å². The third kappa shape index (κ3) is 4.10. The molecule has 3 heterocycles. The normalized spacial score (nSPS) is 13.6. The first kappa shape index (κ1) is 20.8. The van der Waals surface area contributed by atoms with Gasteiger partial charge in [-0.15, -0.1) is 0 Å². The maximum Gasteiger partial charge on any atom is 0.271 e. The van der Waals surface area contributed by atoms with Crippen LogP contribution in [0.15, 0.2) is 34.9 Å². The van der Waals surface area contributed by atoms with Crippen molar-refractivity contribution in [2.24, 2.45) is 0 Å². The van der Waals surface area contributed by atoms with Crippen molar-refractivity contribution in [3.8, 4) is 11.4 Å². The molecule has 0 saturated heterocycles. The number of aromatic nitrogens is 3. The molecule has 0 bridgehead atoms. The van der Waals surface area contributed by atoms with E-state index in [0.717, 1.165) is 34.1 Å². The summed E-state index contributed by atoms with van der Waals surface area (Å²) in [5.41, 5.74) is 4.11. The lowest BCUT2D eigenvalue weighted by Crippen LogP contribution is -2.34. The monoisotopic (exact) mass is 421 g/mol. The summed E-state index contributed by atoms with van der Waals surface area (Å²) in [5.74, 6) is 1.43. The zero-order valence-electron chi connectivity index (χ0n) is 18.1. The number of nitrogens with zero attached hydrogens (tertiary/aromatic N) is 4. The van der Waals surface area contributed by atoms with Crippen molar-refractivity contribution in [3.63, 3.8) is 0 Å². The Hall–Kier alpha value is -3.42. The minimum Gasteiger partial charge on any atom is -0.361 e. The summed E-state index contributed by atoms with van der Waals surface area (Å²) in [6.07, 6.45) is 1.60. The summed E-state index contributed by atoms with van der Waals surface area (Å²) in [5, 5.41) is 6.65. The molecule has 8 nitrogen and oxygen atoms in total. The van der Waals surface area contributed by atoms with Crippen LogP contribution >= 0.6 is 0 Å². The van der Waals surface area contributed by atoms with Crippen LogP contribution in [0.25, 0.3) is 11.4 Å². The van der Waals surface area contributed by atoms with E-state index in [1.165, 1.54) is 0 Å². The molecule has 2 aromatic heterocycles. The maximum atomic E-state index is 12.9. The van der Waals surface area contributed by atoms with Gasteiger partial charge in [-0.05, 0) is 20.3 Å². The van der Waals surface area contributed by atoms with Gasteiger partial charge in [-0.1, -0.05) is 35.5 Å². The highest BCUT2D eigenvalue weighted by atomic mass is 16.5. The molecule has 162 valence electrons. The predicted octanol–water partition coefficient (Wildman–Crippen LogP) is 2.53. The highest BCUT2D eigenvalue weighted by Crippen LogP contribution is 2.25. The summed E-state index contributed by atoms with van der Waals surface area (Å²) in [6.45, 7) is 5.51. The molecule has 4 rings (SSSR count). The molecule has 0 atom stereocenters. The summed E-state index contributed by atoms with van der Waals surface area (Å²) in [4.78, 5) is 32.0. The highest BCUT2D eigenvalue weighted by Gasteiger charge is 2.27. The average Bonchev–Trinajstić information content (AvgIpc) is 3.22. The van der Waals surface area contributed by atoms with E-state index in [9.17, 15) is 9.59 Å². The molecular formula is C23H27N5O3. The molecule has 3 aromatic rings. The number of imidazole rings is 1. The van der Waals surface area contributed by atoms with Crippen LogP contribution in [0.1, 0.15) is 39.6 Å². The van der Waals surface area contributed by atoms with E-state index in [0.29, 0.717) is 44.6 Å². The van der Waals surface area contributed by atoms with Crippen molar-refractivity contribution in [2.45, 2.75) is 39.7 Å². The number of amides is 2. The SMILES string of the molecule is CNC(=O)c1nc(-c2ccccc2)n2c1CCN(C(=O)CCc1c(C)noc1C)CC2. The Morgan fingerprint density at radius 1 is 1.13 bits per heavy atom. The first-order valence-corrected chi connectivity index (χ1v) is 10.6. The van der Waals surface area contributed by atoms with Crippen LogP contribution < -0.4 is 5.32 Å². The van der Waals surface area contributed by atoms with Crippen LogP contribution in [0.5, 0.6) is 0 Å². The minimum absolute atomic E-state index is 0.0986. The number of hydrogen-bond donors (Lipinski definition) is 1. The fourth-order valence-electron chi connectivity index (χ4n) is 4.16. The van der Waals surface area contributed by atoms with Gasteiger partial charge in [0.15, 0.2) is 0 Å². The summed E-state index contributed by atoms with van der Waals surface area (Å²) < 4.78 is 7.29. The second-order valence-electron chi connectivity index (χ2n) is 7.76. The Morgan fingerprint density at radius 2 is 1.90 bits per heavy atom. The van der Waals surface area contributed by atoms with E-state index < -0.39 is 0 Å². The van der Waals surface area contributed by atoms with Gasteiger partial charge in [0.05, 0.1) is 11.4 Å². The number of fused-ring (bicyclic) bond motifs is 1. The van der Waals surface area contributed by atoms with Crippen molar-refractivity contribution in [2.75, 3.05) is 20.1 Å². The van der Waals surface area contributed by atoms with Crippen molar-refractivity contribution >= 4 is 11.8 Å². The maximum absolute atomic E-state index is 12.9. The van der Waals surface area contributed by atoms with Gasteiger partial charge in [-0.2, -0.15) is 0 Å². The van der Waals surface area contributed by atoms with Gasteiger partial charge >= 0.3 is 0 Å². The number of benzene rings is 1. The second-order valence-corrected chi connectivity index (χ2v) is 7.76. The molecule has 0 radical (unpaired) electrons. The van der Waals surface area contributed by atoms with Crippen molar-refractivity contribution in [3.05, 3.63) is 58.7 Å². The number of carbonyl (C=O) groups excluding carboxylic acids is 2. The third-order valence-corrected chi connectivity index (χ3v) is 5.88. The topological polar surface area (TPSA) is 93.3 Å². The lowest BCUT2D eigenvalue weighted by Gasteiger charge is -2.20. The number of hydrogen-bond acceptors (Lipinski definition) is 5. The van der Waals surface area contributed by atoms with Crippen LogP contribution in [-0.2, 0) is 24.2 Å². The molecule has 0 fully saturated rings. The summed E-state index contributed by atoms with van der Waals surface area (Å²) in [7, 11) is 1.61. The van der Waals surface area contributed by atoms with Crippen molar-refractivity contribution in [1.82, 2.24) is 24.9 Å². The van der Waals surface area contributed by atoms with Gasteiger partial charge in [0.2, 0.25) is 5.91 Å². The fourth-order valence-corrected chi connectivity index (χ4v) is 4.16. The first-order chi connectivity index (χ1) is 15.0.